The summed E-state index contributed by atoms with van der Waals surface area (Å²) in [7, 11) is 0. The van der Waals surface area contributed by atoms with Gasteiger partial charge in [-0.2, -0.15) is 0 Å². The molecule has 0 saturated heterocycles. The van der Waals surface area contributed by atoms with Gasteiger partial charge in [-0.15, -0.1) is 11.8 Å². The van der Waals surface area contributed by atoms with E-state index in [1.54, 1.807) is 0 Å². The van der Waals surface area contributed by atoms with Crippen molar-refractivity contribution in [3.05, 3.63) is 29.8 Å². The third-order valence-corrected chi connectivity index (χ3v) is 4.79. The van der Waals surface area contributed by atoms with E-state index in [4.69, 9.17) is 11.5 Å². The average Bonchev–Trinajstić information content (AvgIpc) is 2.29. The van der Waals surface area contributed by atoms with E-state index in [0.29, 0.717) is 18.1 Å². The number of carbonyl (C=O) groups is 1. The summed E-state index contributed by atoms with van der Waals surface area (Å²) in [4.78, 5) is 12.7. The number of carbonyl (C=O) groups excluding carboxylic acids is 1. The van der Waals surface area contributed by atoms with Crippen LogP contribution in [0.1, 0.15) is 31.2 Å². The number of nitrogens with two attached hydrogens (primary N) is 2. The molecular weight excluding hydrogens is 244 g/mol. The highest BCUT2D eigenvalue weighted by molar-refractivity contribution is 8.00. The maximum atomic E-state index is 11.4. The van der Waals surface area contributed by atoms with Gasteiger partial charge in [0.05, 0.1) is 5.54 Å². The molecule has 0 bridgehead atoms. The molecule has 3 nitrogen and oxygen atoms in total. The van der Waals surface area contributed by atoms with E-state index in [1.807, 2.05) is 11.8 Å². The molecule has 1 saturated carbocycles. The molecule has 0 heterocycles. The Hall–Kier alpha value is -1.00. The van der Waals surface area contributed by atoms with Crippen molar-refractivity contribution in [2.45, 2.75) is 48.3 Å². The maximum absolute atomic E-state index is 11.4. The number of primary amides is 1. The van der Waals surface area contributed by atoms with Crippen LogP contribution < -0.4 is 11.5 Å². The van der Waals surface area contributed by atoms with Crippen molar-refractivity contribution in [2.24, 2.45) is 11.5 Å². The maximum Gasteiger partial charge on any atom is 0.237 e. The first kappa shape index (κ1) is 13.4. The molecule has 0 aromatic heterocycles. The van der Waals surface area contributed by atoms with Crippen LogP contribution in [-0.4, -0.2) is 16.7 Å². The zero-order chi connectivity index (χ0) is 13.2. The highest BCUT2D eigenvalue weighted by Gasteiger charge is 2.37. The van der Waals surface area contributed by atoms with E-state index in [1.165, 1.54) is 10.5 Å². The highest BCUT2D eigenvalue weighted by Crippen LogP contribution is 2.37. The first-order chi connectivity index (χ1) is 8.49. The van der Waals surface area contributed by atoms with Crippen molar-refractivity contribution in [1.82, 2.24) is 0 Å². The molecule has 4 N–H and O–H groups in total. The minimum Gasteiger partial charge on any atom is -0.368 e. The molecule has 1 aliphatic rings. The molecule has 0 aliphatic heterocycles. The molecule has 1 aromatic carbocycles. The normalized spacial score (nSPS) is 28.0. The predicted molar refractivity (Wildman–Crippen MR) is 75.4 cm³/mol. The third kappa shape index (κ3) is 3.06. The lowest BCUT2D eigenvalue weighted by Gasteiger charge is -2.35. The summed E-state index contributed by atoms with van der Waals surface area (Å²) in [5, 5.41) is 0.387. The molecule has 0 spiro atoms. The molecule has 1 aliphatic carbocycles. The van der Waals surface area contributed by atoms with Gasteiger partial charge in [0.15, 0.2) is 0 Å². The van der Waals surface area contributed by atoms with Gasteiger partial charge < -0.3 is 11.5 Å². The van der Waals surface area contributed by atoms with Crippen LogP contribution >= 0.6 is 11.8 Å². The fraction of sp³-hybridized carbons (Fsp3) is 0.500. The molecule has 98 valence electrons. The van der Waals surface area contributed by atoms with Crippen LogP contribution in [-0.2, 0) is 4.79 Å². The van der Waals surface area contributed by atoms with Crippen LogP contribution in [0.25, 0.3) is 0 Å². The number of thioether (sulfide) groups is 1. The van der Waals surface area contributed by atoms with Crippen molar-refractivity contribution in [2.75, 3.05) is 0 Å². The number of hydrogen-bond donors (Lipinski definition) is 2. The van der Waals surface area contributed by atoms with Gasteiger partial charge in [-0.25, -0.2) is 0 Å². The fourth-order valence-corrected chi connectivity index (χ4v) is 3.92. The van der Waals surface area contributed by atoms with Gasteiger partial charge in [-0.1, -0.05) is 17.7 Å². The smallest absolute Gasteiger partial charge is 0.237 e. The highest BCUT2D eigenvalue weighted by atomic mass is 32.2. The largest absolute Gasteiger partial charge is 0.368 e. The van der Waals surface area contributed by atoms with Gasteiger partial charge in [0.25, 0.3) is 0 Å². The molecule has 1 amide bonds. The topological polar surface area (TPSA) is 69.1 Å². The second-order valence-corrected chi connectivity index (χ2v) is 6.55. The molecule has 1 aromatic rings. The molecule has 2 unspecified atom stereocenters. The molecule has 2 atom stereocenters. The lowest BCUT2D eigenvalue weighted by Crippen LogP contribution is -2.55. The Balaban J connectivity index is 2.04. The number of aryl methyl sites for hydroxylation is 1. The van der Waals surface area contributed by atoms with E-state index < -0.39 is 5.54 Å². The van der Waals surface area contributed by atoms with Crippen molar-refractivity contribution in [3.63, 3.8) is 0 Å². The Morgan fingerprint density at radius 2 is 2.28 bits per heavy atom. The zero-order valence-electron chi connectivity index (χ0n) is 10.7. The van der Waals surface area contributed by atoms with Crippen LogP contribution in [0.2, 0.25) is 0 Å². The van der Waals surface area contributed by atoms with Gasteiger partial charge in [-0.3, -0.25) is 4.79 Å². The molecule has 4 heteroatoms. The van der Waals surface area contributed by atoms with E-state index in [0.717, 1.165) is 12.8 Å². The van der Waals surface area contributed by atoms with Crippen molar-refractivity contribution < 1.29 is 4.79 Å². The Morgan fingerprint density at radius 1 is 1.50 bits per heavy atom. The van der Waals surface area contributed by atoms with Gasteiger partial charge in [0, 0.05) is 10.1 Å². The fourth-order valence-electron chi connectivity index (χ4n) is 2.46. The Kier molecular flexibility index (Phi) is 3.97. The van der Waals surface area contributed by atoms with Crippen molar-refractivity contribution >= 4 is 17.7 Å². The van der Waals surface area contributed by atoms with Crippen LogP contribution in [0.15, 0.2) is 29.2 Å². The van der Waals surface area contributed by atoms with Crippen molar-refractivity contribution in [1.29, 1.82) is 0 Å². The van der Waals surface area contributed by atoms with E-state index in [-0.39, 0.29) is 5.91 Å². The summed E-state index contributed by atoms with van der Waals surface area (Å²) in [6.07, 6.45) is 3.47. The van der Waals surface area contributed by atoms with Crippen molar-refractivity contribution in [3.8, 4) is 0 Å². The molecule has 1 fully saturated rings. The zero-order valence-corrected chi connectivity index (χ0v) is 11.5. The Morgan fingerprint density at radius 3 is 2.94 bits per heavy atom. The summed E-state index contributed by atoms with van der Waals surface area (Å²) in [6.45, 7) is 2.08. The van der Waals surface area contributed by atoms with Crippen LogP contribution in [0, 0.1) is 6.92 Å². The number of benzene rings is 1. The predicted octanol–water partition coefficient (Wildman–Crippen LogP) is 2.21. The van der Waals surface area contributed by atoms with Gasteiger partial charge >= 0.3 is 0 Å². The third-order valence-electron chi connectivity index (χ3n) is 3.52. The summed E-state index contributed by atoms with van der Waals surface area (Å²) >= 11 is 1.81. The summed E-state index contributed by atoms with van der Waals surface area (Å²) in [6, 6.07) is 8.42. The summed E-state index contributed by atoms with van der Waals surface area (Å²) < 4.78 is 0. The summed E-state index contributed by atoms with van der Waals surface area (Å²) in [5.41, 5.74) is 11.9. The van der Waals surface area contributed by atoms with E-state index in [2.05, 4.69) is 31.2 Å². The first-order valence-corrected chi connectivity index (χ1v) is 7.20. The number of rotatable bonds is 3. The number of amides is 1. The van der Waals surface area contributed by atoms with Gasteiger partial charge in [0.2, 0.25) is 5.91 Å². The quantitative estimate of drug-likeness (QED) is 0.879. The standard InChI is InChI=1S/C14H20N2OS/c1-10-4-2-5-11(8-10)18-12-6-3-7-14(16,9-12)13(15)17/h2,4-5,8,12H,3,6-7,9,16H2,1H3,(H2,15,17). The first-order valence-electron chi connectivity index (χ1n) is 6.32. The summed E-state index contributed by atoms with van der Waals surface area (Å²) in [5.74, 6) is -0.364. The minimum atomic E-state index is -0.806. The van der Waals surface area contributed by atoms with Gasteiger partial charge in [-0.05, 0) is 44.7 Å². The molecule has 2 rings (SSSR count). The Bertz CT molecular complexity index is 449. The molecule has 18 heavy (non-hydrogen) atoms. The SMILES string of the molecule is Cc1cccc(SC2CCCC(N)(C(N)=O)C2)c1. The monoisotopic (exact) mass is 264 g/mol. The Labute approximate surface area is 112 Å². The lowest BCUT2D eigenvalue weighted by molar-refractivity contribution is -0.124. The van der Waals surface area contributed by atoms with Crippen LogP contribution in [0.3, 0.4) is 0 Å². The minimum absolute atomic E-state index is 0.364. The average molecular weight is 264 g/mol. The second kappa shape index (κ2) is 5.33. The lowest BCUT2D eigenvalue weighted by atomic mass is 9.82. The van der Waals surface area contributed by atoms with Crippen LogP contribution in [0.4, 0.5) is 0 Å². The second-order valence-electron chi connectivity index (χ2n) is 5.17. The van der Waals surface area contributed by atoms with E-state index >= 15 is 0 Å². The number of hydrogen-bond acceptors (Lipinski definition) is 3. The van der Waals surface area contributed by atoms with Crippen LogP contribution in [0.5, 0.6) is 0 Å². The van der Waals surface area contributed by atoms with Gasteiger partial charge in [0.1, 0.15) is 0 Å². The molecule has 0 radical (unpaired) electrons. The van der Waals surface area contributed by atoms with E-state index in [9.17, 15) is 4.79 Å². The molecular formula is C14H20N2OS.